The molecule has 1 aliphatic carbocycles. The van der Waals surface area contributed by atoms with Crippen molar-refractivity contribution in [3.63, 3.8) is 0 Å². The fourth-order valence-electron chi connectivity index (χ4n) is 3.66. The van der Waals surface area contributed by atoms with Crippen molar-refractivity contribution >= 4 is 17.7 Å². The molecule has 0 spiro atoms. The van der Waals surface area contributed by atoms with Crippen LogP contribution in [-0.2, 0) is 20.9 Å². The molecule has 3 amide bonds. The number of carbonyl (C=O) groups excluding carboxylic acids is 3. The molecule has 0 aromatic heterocycles. The molecule has 0 radical (unpaired) electrons. The molecule has 8 nitrogen and oxygen atoms in total. The molecule has 2 aliphatic rings. The van der Waals surface area contributed by atoms with E-state index in [1.54, 1.807) is 12.1 Å². The summed E-state index contributed by atoms with van der Waals surface area (Å²) in [5.41, 5.74) is 0.736. The van der Waals surface area contributed by atoms with Gasteiger partial charge in [-0.15, -0.1) is 0 Å². The maximum atomic E-state index is 12.4. The average molecular weight is 388 g/mol. The van der Waals surface area contributed by atoms with Gasteiger partial charge < -0.3 is 19.5 Å². The number of likely N-dealkylation sites (tertiary alicyclic amines) is 1. The molecule has 1 aromatic carbocycles. The van der Waals surface area contributed by atoms with E-state index >= 15 is 0 Å². The van der Waals surface area contributed by atoms with Crippen LogP contribution in [0.15, 0.2) is 24.3 Å². The van der Waals surface area contributed by atoms with Crippen LogP contribution in [0.3, 0.4) is 0 Å². The maximum absolute atomic E-state index is 12.4. The highest BCUT2D eigenvalue weighted by molar-refractivity contribution is 6.07. The molecule has 1 aliphatic heterocycles. The number of fused-ring (bicyclic) bond motifs is 1. The number of amides is 3. The van der Waals surface area contributed by atoms with E-state index in [1.807, 2.05) is 12.2 Å². The predicted molar refractivity (Wildman–Crippen MR) is 100 cm³/mol. The van der Waals surface area contributed by atoms with Gasteiger partial charge in [-0.3, -0.25) is 19.3 Å². The third-order valence-corrected chi connectivity index (χ3v) is 5.11. The van der Waals surface area contributed by atoms with Gasteiger partial charge in [0, 0.05) is 6.54 Å². The highest BCUT2D eigenvalue weighted by Crippen LogP contribution is 2.38. The van der Waals surface area contributed by atoms with Crippen molar-refractivity contribution in [3.8, 4) is 17.2 Å². The first-order valence-electron chi connectivity index (χ1n) is 9.06. The SMILES string of the molecule is COc1cc(CNC(=O)CN2C(=O)[C@@H]3CC=CC[C@H]3C2=O)cc(OC)c1OC. The van der Waals surface area contributed by atoms with Gasteiger partial charge in [0.2, 0.25) is 23.5 Å². The van der Waals surface area contributed by atoms with Crippen molar-refractivity contribution in [2.24, 2.45) is 11.8 Å². The molecule has 0 bridgehead atoms. The number of rotatable bonds is 7. The van der Waals surface area contributed by atoms with Gasteiger partial charge in [-0.1, -0.05) is 12.2 Å². The molecule has 0 unspecified atom stereocenters. The Balaban J connectivity index is 1.63. The van der Waals surface area contributed by atoms with Crippen molar-refractivity contribution < 1.29 is 28.6 Å². The van der Waals surface area contributed by atoms with Gasteiger partial charge in [-0.05, 0) is 30.5 Å². The molecule has 150 valence electrons. The number of benzene rings is 1. The fraction of sp³-hybridized carbons (Fsp3) is 0.450. The largest absolute Gasteiger partial charge is 0.493 e. The molecule has 1 saturated heterocycles. The van der Waals surface area contributed by atoms with Crippen molar-refractivity contribution in [2.45, 2.75) is 19.4 Å². The van der Waals surface area contributed by atoms with Crippen LogP contribution in [-0.4, -0.2) is 50.5 Å². The lowest BCUT2D eigenvalue weighted by Gasteiger charge is -2.16. The molecule has 0 saturated carbocycles. The zero-order valence-corrected chi connectivity index (χ0v) is 16.2. The number of carbonyl (C=O) groups is 3. The lowest BCUT2D eigenvalue weighted by atomic mass is 9.85. The number of hydrogen-bond acceptors (Lipinski definition) is 6. The van der Waals surface area contributed by atoms with E-state index in [9.17, 15) is 14.4 Å². The zero-order chi connectivity index (χ0) is 20.3. The second-order valence-electron chi connectivity index (χ2n) is 6.73. The summed E-state index contributed by atoms with van der Waals surface area (Å²) in [4.78, 5) is 38.3. The Morgan fingerprint density at radius 1 is 1.00 bits per heavy atom. The summed E-state index contributed by atoms with van der Waals surface area (Å²) in [5, 5.41) is 2.74. The van der Waals surface area contributed by atoms with Gasteiger partial charge in [0.05, 0.1) is 33.2 Å². The Morgan fingerprint density at radius 2 is 1.54 bits per heavy atom. The van der Waals surface area contributed by atoms with E-state index < -0.39 is 5.91 Å². The third kappa shape index (κ3) is 3.67. The minimum absolute atomic E-state index is 0.195. The predicted octanol–water partition coefficient (Wildman–Crippen LogP) is 1.28. The van der Waals surface area contributed by atoms with Crippen LogP contribution in [0.5, 0.6) is 17.2 Å². The zero-order valence-electron chi connectivity index (χ0n) is 16.2. The number of imide groups is 1. The molecule has 3 rings (SSSR count). The monoisotopic (exact) mass is 388 g/mol. The van der Waals surface area contributed by atoms with Crippen molar-refractivity contribution in [1.29, 1.82) is 0 Å². The molecule has 1 N–H and O–H groups in total. The van der Waals surface area contributed by atoms with Gasteiger partial charge in [0.15, 0.2) is 11.5 Å². The number of methoxy groups -OCH3 is 3. The molecule has 2 atom stereocenters. The van der Waals surface area contributed by atoms with Crippen LogP contribution in [0.25, 0.3) is 0 Å². The normalized spacial score (nSPS) is 20.8. The average Bonchev–Trinajstić information content (AvgIpc) is 2.96. The number of ether oxygens (including phenoxy) is 3. The molecular formula is C20H24N2O6. The Morgan fingerprint density at radius 3 is 2.00 bits per heavy atom. The quantitative estimate of drug-likeness (QED) is 0.559. The number of nitrogens with zero attached hydrogens (tertiary/aromatic N) is 1. The highest BCUT2D eigenvalue weighted by Gasteiger charge is 2.47. The molecule has 8 heteroatoms. The van der Waals surface area contributed by atoms with Gasteiger partial charge in [0.25, 0.3) is 0 Å². The lowest BCUT2D eigenvalue weighted by Crippen LogP contribution is -2.40. The Kier molecular flexibility index (Phi) is 5.87. The molecule has 28 heavy (non-hydrogen) atoms. The summed E-state index contributed by atoms with van der Waals surface area (Å²) in [5.74, 6) is -0.169. The van der Waals surface area contributed by atoms with E-state index in [2.05, 4.69) is 5.32 Å². The summed E-state index contributed by atoms with van der Waals surface area (Å²) >= 11 is 0. The van der Waals surface area contributed by atoms with Crippen molar-refractivity contribution in [2.75, 3.05) is 27.9 Å². The van der Waals surface area contributed by atoms with Crippen molar-refractivity contribution in [3.05, 3.63) is 29.8 Å². The summed E-state index contributed by atoms with van der Waals surface area (Å²) in [6.07, 6.45) is 4.94. The lowest BCUT2D eigenvalue weighted by molar-refractivity contribution is -0.143. The van der Waals surface area contributed by atoms with Gasteiger partial charge in [-0.2, -0.15) is 0 Å². The number of nitrogens with one attached hydrogen (secondary N) is 1. The number of allylic oxidation sites excluding steroid dienone is 2. The first kappa shape index (κ1) is 19.7. The van der Waals surface area contributed by atoms with Crippen LogP contribution >= 0.6 is 0 Å². The summed E-state index contributed by atoms with van der Waals surface area (Å²) in [6.45, 7) is -0.0741. The smallest absolute Gasteiger partial charge is 0.240 e. The summed E-state index contributed by atoms with van der Waals surface area (Å²) < 4.78 is 15.9. The van der Waals surface area contributed by atoms with E-state index in [1.165, 1.54) is 21.3 Å². The molecule has 1 heterocycles. The van der Waals surface area contributed by atoms with E-state index in [0.29, 0.717) is 30.1 Å². The topological polar surface area (TPSA) is 94.2 Å². The summed E-state index contributed by atoms with van der Waals surface area (Å²) in [6, 6.07) is 3.46. The minimum Gasteiger partial charge on any atom is -0.493 e. The standard InChI is InChI=1S/C20H24N2O6/c1-26-15-8-12(9-16(27-2)18(15)28-3)10-21-17(23)11-22-19(24)13-6-4-5-7-14(13)20(22)25/h4-5,8-9,13-14H,6-7,10-11H2,1-3H3,(H,21,23)/t13-,14-/m1/s1. The third-order valence-electron chi connectivity index (χ3n) is 5.11. The van der Waals surface area contributed by atoms with E-state index in [-0.39, 0.29) is 36.7 Å². The van der Waals surface area contributed by atoms with Gasteiger partial charge in [0.1, 0.15) is 6.54 Å². The molecular weight excluding hydrogens is 364 g/mol. The highest BCUT2D eigenvalue weighted by atomic mass is 16.5. The Labute approximate surface area is 163 Å². The number of hydrogen-bond donors (Lipinski definition) is 1. The van der Waals surface area contributed by atoms with E-state index in [4.69, 9.17) is 14.2 Å². The van der Waals surface area contributed by atoms with Crippen LogP contribution in [0.4, 0.5) is 0 Å². The summed E-state index contributed by atoms with van der Waals surface area (Å²) in [7, 11) is 4.54. The van der Waals surface area contributed by atoms with Crippen LogP contribution in [0, 0.1) is 11.8 Å². The second kappa shape index (κ2) is 8.33. The van der Waals surface area contributed by atoms with Crippen LogP contribution in [0.2, 0.25) is 0 Å². The van der Waals surface area contributed by atoms with Gasteiger partial charge in [-0.25, -0.2) is 0 Å². The first-order chi connectivity index (χ1) is 13.5. The fourth-order valence-corrected chi connectivity index (χ4v) is 3.66. The van der Waals surface area contributed by atoms with E-state index in [0.717, 1.165) is 10.5 Å². The van der Waals surface area contributed by atoms with Crippen molar-refractivity contribution in [1.82, 2.24) is 10.2 Å². The van der Waals surface area contributed by atoms with Gasteiger partial charge >= 0.3 is 0 Å². The van der Waals surface area contributed by atoms with Crippen LogP contribution in [0.1, 0.15) is 18.4 Å². The Hall–Kier alpha value is -3.03. The first-order valence-corrected chi connectivity index (χ1v) is 9.06. The second-order valence-corrected chi connectivity index (χ2v) is 6.73. The molecule has 1 fully saturated rings. The Bertz CT molecular complexity index is 768. The molecule has 1 aromatic rings. The minimum atomic E-state index is -0.401. The van der Waals surface area contributed by atoms with Crippen LogP contribution < -0.4 is 19.5 Å². The maximum Gasteiger partial charge on any atom is 0.240 e.